The van der Waals surface area contributed by atoms with Crippen molar-refractivity contribution < 1.29 is 0 Å². The summed E-state index contributed by atoms with van der Waals surface area (Å²) in [5.41, 5.74) is 2.08. The van der Waals surface area contributed by atoms with Gasteiger partial charge in [-0.3, -0.25) is 10.1 Å². The average Bonchev–Trinajstić information content (AvgIpc) is 3.05. The second-order valence-electron chi connectivity index (χ2n) is 5.59. The SMILES string of the molecule is CC(C)c1cc(Nc2nc(NCc3cccnc3)ncc2Cl)n[nH]1. The van der Waals surface area contributed by atoms with E-state index in [1.165, 1.54) is 0 Å². The molecule has 3 rings (SSSR count). The maximum atomic E-state index is 6.17. The van der Waals surface area contributed by atoms with Crippen LogP contribution in [-0.2, 0) is 6.54 Å². The molecule has 0 amide bonds. The quantitative estimate of drug-likeness (QED) is 0.631. The fourth-order valence-electron chi connectivity index (χ4n) is 2.04. The third kappa shape index (κ3) is 3.99. The van der Waals surface area contributed by atoms with Crippen molar-refractivity contribution in [3.05, 3.63) is 53.1 Å². The van der Waals surface area contributed by atoms with E-state index in [1.807, 2.05) is 18.2 Å². The van der Waals surface area contributed by atoms with E-state index in [0.717, 1.165) is 11.3 Å². The Labute approximate surface area is 144 Å². The Morgan fingerprint density at radius 2 is 2.17 bits per heavy atom. The number of H-pyrrole nitrogens is 1. The highest BCUT2D eigenvalue weighted by Gasteiger charge is 2.09. The first-order valence-corrected chi connectivity index (χ1v) is 7.97. The highest BCUT2D eigenvalue weighted by Crippen LogP contribution is 2.24. The van der Waals surface area contributed by atoms with E-state index in [2.05, 4.69) is 49.6 Å². The number of aromatic amines is 1. The Morgan fingerprint density at radius 3 is 2.88 bits per heavy atom. The van der Waals surface area contributed by atoms with E-state index in [4.69, 9.17) is 11.6 Å². The van der Waals surface area contributed by atoms with Gasteiger partial charge in [0, 0.05) is 30.7 Å². The molecular weight excluding hydrogens is 326 g/mol. The molecule has 3 aromatic rings. The smallest absolute Gasteiger partial charge is 0.224 e. The Morgan fingerprint density at radius 1 is 1.29 bits per heavy atom. The molecule has 3 aromatic heterocycles. The third-order valence-corrected chi connectivity index (χ3v) is 3.66. The molecule has 0 unspecified atom stereocenters. The number of nitrogens with one attached hydrogen (secondary N) is 3. The van der Waals surface area contributed by atoms with Gasteiger partial charge in [-0.2, -0.15) is 10.1 Å². The van der Waals surface area contributed by atoms with E-state index in [-0.39, 0.29) is 0 Å². The number of pyridine rings is 1. The van der Waals surface area contributed by atoms with Crippen LogP contribution in [0.15, 0.2) is 36.8 Å². The van der Waals surface area contributed by atoms with Gasteiger partial charge in [0.15, 0.2) is 11.6 Å². The topological polar surface area (TPSA) is 91.4 Å². The minimum atomic E-state index is 0.366. The molecule has 7 nitrogen and oxygen atoms in total. The summed E-state index contributed by atoms with van der Waals surface area (Å²) in [6, 6.07) is 5.80. The maximum absolute atomic E-state index is 6.17. The van der Waals surface area contributed by atoms with Crippen molar-refractivity contribution >= 4 is 29.2 Å². The normalized spacial score (nSPS) is 10.8. The van der Waals surface area contributed by atoms with Crippen LogP contribution in [0.3, 0.4) is 0 Å². The molecule has 24 heavy (non-hydrogen) atoms. The highest BCUT2D eigenvalue weighted by atomic mass is 35.5. The van der Waals surface area contributed by atoms with Crippen molar-refractivity contribution in [3.8, 4) is 0 Å². The van der Waals surface area contributed by atoms with Gasteiger partial charge < -0.3 is 10.6 Å². The molecule has 0 aliphatic carbocycles. The summed E-state index contributed by atoms with van der Waals surface area (Å²) in [7, 11) is 0. The van der Waals surface area contributed by atoms with Crippen LogP contribution in [0, 0.1) is 0 Å². The van der Waals surface area contributed by atoms with Crippen LogP contribution in [-0.4, -0.2) is 25.1 Å². The minimum Gasteiger partial charge on any atom is -0.350 e. The molecule has 0 saturated carbocycles. The van der Waals surface area contributed by atoms with E-state index < -0.39 is 0 Å². The molecule has 0 spiro atoms. The zero-order valence-corrected chi connectivity index (χ0v) is 14.2. The van der Waals surface area contributed by atoms with Crippen molar-refractivity contribution in [2.24, 2.45) is 0 Å². The van der Waals surface area contributed by atoms with Gasteiger partial charge in [-0.1, -0.05) is 31.5 Å². The van der Waals surface area contributed by atoms with Crippen molar-refractivity contribution in [3.63, 3.8) is 0 Å². The summed E-state index contributed by atoms with van der Waals surface area (Å²) >= 11 is 6.17. The number of rotatable bonds is 6. The number of aromatic nitrogens is 5. The fourth-order valence-corrected chi connectivity index (χ4v) is 2.18. The van der Waals surface area contributed by atoms with E-state index >= 15 is 0 Å². The van der Waals surface area contributed by atoms with Gasteiger partial charge in [0.25, 0.3) is 0 Å². The fraction of sp³-hybridized carbons (Fsp3) is 0.250. The summed E-state index contributed by atoms with van der Waals surface area (Å²) in [4.78, 5) is 12.7. The highest BCUT2D eigenvalue weighted by molar-refractivity contribution is 6.32. The van der Waals surface area contributed by atoms with E-state index in [9.17, 15) is 0 Å². The Balaban J connectivity index is 1.71. The van der Waals surface area contributed by atoms with Crippen LogP contribution < -0.4 is 10.6 Å². The van der Waals surface area contributed by atoms with Crippen molar-refractivity contribution in [1.82, 2.24) is 25.1 Å². The lowest BCUT2D eigenvalue weighted by Crippen LogP contribution is -2.05. The maximum Gasteiger partial charge on any atom is 0.224 e. The molecule has 8 heteroatoms. The van der Waals surface area contributed by atoms with Crippen LogP contribution in [0.25, 0.3) is 0 Å². The molecule has 0 atom stereocenters. The lowest BCUT2D eigenvalue weighted by atomic mass is 10.1. The molecule has 0 aromatic carbocycles. The first kappa shape index (κ1) is 16.2. The second-order valence-corrected chi connectivity index (χ2v) is 6.00. The lowest BCUT2D eigenvalue weighted by Gasteiger charge is -2.08. The number of hydrogen-bond acceptors (Lipinski definition) is 6. The molecule has 124 valence electrons. The summed E-state index contributed by atoms with van der Waals surface area (Å²) in [5, 5.41) is 13.9. The number of halogens is 1. The van der Waals surface area contributed by atoms with Crippen molar-refractivity contribution in [2.45, 2.75) is 26.3 Å². The van der Waals surface area contributed by atoms with E-state index in [0.29, 0.717) is 35.1 Å². The van der Waals surface area contributed by atoms with Crippen LogP contribution in [0.1, 0.15) is 31.0 Å². The average molecular weight is 344 g/mol. The summed E-state index contributed by atoms with van der Waals surface area (Å²) < 4.78 is 0. The second kappa shape index (κ2) is 7.27. The molecule has 3 N–H and O–H groups in total. The lowest BCUT2D eigenvalue weighted by molar-refractivity contribution is 0.811. The molecule has 0 bridgehead atoms. The van der Waals surface area contributed by atoms with E-state index in [1.54, 1.807) is 18.6 Å². The number of anilines is 3. The Bertz CT molecular complexity index is 801. The number of nitrogens with zero attached hydrogens (tertiary/aromatic N) is 4. The Kier molecular flexibility index (Phi) is 4.90. The largest absolute Gasteiger partial charge is 0.350 e. The van der Waals surface area contributed by atoms with Crippen LogP contribution in [0.5, 0.6) is 0 Å². The zero-order chi connectivity index (χ0) is 16.9. The monoisotopic (exact) mass is 343 g/mol. The molecule has 0 aliphatic heterocycles. The molecule has 3 heterocycles. The summed E-state index contributed by atoms with van der Waals surface area (Å²) in [6.45, 7) is 4.76. The predicted molar refractivity (Wildman–Crippen MR) is 94.6 cm³/mol. The van der Waals surface area contributed by atoms with Gasteiger partial charge in [-0.25, -0.2) is 4.98 Å². The molecule has 0 aliphatic rings. The van der Waals surface area contributed by atoms with Crippen molar-refractivity contribution in [2.75, 3.05) is 10.6 Å². The van der Waals surface area contributed by atoms with Gasteiger partial charge in [-0.05, 0) is 17.5 Å². The van der Waals surface area contributed by atoms with Gasteiger partial charge >= 0.3 is 0 Å². The first-order chi connectivity index (χ1) is 11.6. The van der Waals surface area contributed by atoms with Crippen molar-refractivity contribution in [1.29, 1.82) is 0 Å². The number of hydrogen-bond donors (Lipinski definition) is 3. The summed E-state index contributed by atoms with van der Waals surface area (Å²) in [6.07, 6.45) is 5.08. The van der Waals surface area contributed by atoms with Crippen LogP contribution >= 0.6 is 11.6 Å². The van der Waals surface area contributed by atoms with Gasteiger partial charge in [-0.15, -0.1) is 0 Å². The Hall–Kier alpha value is -2.67. The van der Waals surface area contributed by atoms with Gasteiger partial charge in [0.05, 0.1) is 6.20 Å². The van der Waals surface area contributed by atoms with Gasteiger partial charge in [0.2, 0.25) is 5.95 Å². The third-order valence-electron chi connectivity index (χ3n) is 3.38. The standard InChI is InChI=1S/C16H18ClN7/c1-10(2)13-6-14(24-23-13)21-15-12(17)9-20-16(22-15)19-8-11-4-3-5-18-7-11/h3-7,9-10H,8H2,1-2H3,(H3,19,20,21,22,23,24). The van der Waals surface area contributed by atoms with Crippen LogP contribution in [0.4, 0.5) is 17.6 Å². The molecule has 0 radical (unpaired) electrons. The molecule has 0 fully saturated rings. The predicted octanol–water partition coefficient (Wildman–Crippen LogP) is 3.73. The summed E-state index contributed by atoms with van der Waals surface area (Å²) in [5.74, 6) is 2.01. The molecular formula is C16H18ClN7. The van der Waals surface area contributed by atoms with Crippen LogP contribution in [0.2, 0.25) is 5.02 Å². The van der Waals surface area contributed by atoms with Gasteiger partial charge in [0.1, 0.15) is 5.02 Å². The minimum absolute atomic E-state index is 0.366. The molecule has 0 saturated heterocycles. The zero-order valence-electron chi connectivity index (χ0n) is 13.4. The first-order valence-electron chi connectivity index (χ1n) is 7.59.